The first kappa shape index (κ1) is 16.2. The minimum atomic E-state index is -0.00233. The van der Waals surface area contributed by atoms with Crippen LogP contribution < -0.4 is 14.8 Å². The Hall–Kier alpha value is -2.14. The molecule has 1 amide bonds. The van der Waals surface area contributed by atoms with Gasteiger partial charge in [-0.05, 0) is 24.3 Å². The van der Waals surface area contributed by atoms with Gasteiger partial charge in [-0.2, -0.15) is 0 Å². The van der Waals surface area contributed by atoms with Crippen molar-refractivity contribution in [1.29, 1.82) is 0 Å². The van der Waals surface area contributed by atoms with Crippen molar-refractivity contribution >= 4 is 17.7 Å². The third kappa shape index (κ3) is 5.33. The lowest BCUT2D eigenvalue weighted by molar-refractivity contribution is -0.118. The minimum absolute atomic E-state index is 0.00233. The van der Waals surface area contributed by atoms with E-state index >= 15 is 0 Å². The first-order valence-corrected chi connectivity index (χ1v) is 7.98. The van der Waals surface area contributed by atoms with Gasteiger partial charge in [0.15, 0.2) is 11.5 Å². The Balaban J connectivity index is 1.65. The van der Waals surface area contributed by atoms with Gasteiger partial charge in [0.25, 0.3) is 0 Å². The molecular weight excluding hydrogens is 298 g/mol. The SMILES string of the molecule is COc1ccccc1OCCNC(=O)CSc1ccccc1. The second-order valence-corrected chi connectivity index (χ2v) is 5.50. The summed E-state index contributed by atoms with van der Waals surface area (Å²) in [6.07, 6.45) is 0. The molecule has 0 radical (unpaired) electrons. The summed E-state index contributed by atoms with van der Waals surface area (Å²) in [5.41, 5.74) is 0. The van der Waals surface area contributed by atoms with Gasteiger partial charge in [-0.25, -0.2) is 0 Å². The standard InChI is InChI=1S/C17H19NO3S/c1-20-15-9-5-6-10-16(15)21-12-11-18-17(19)13-22-14-7-3-2-4-8-14/h2-10H,11-13H2,1H3,(H,18,19). The first-order chi connectivity index (χ1) is 10.8. The maximum Gasteiger partial charge on any atom is 0.230 e. The molecule has 0 fully saturated rings. The molecule has 116 valence electrons. The fraction of sp³-hybridized carbons (Fsp3) is 0.235. The molecule has 2 rings (SSSR count). The number of hydrogen-bond donors (Lipinski definition) is 1. The number of nitrogens with one attached hydrogen (secondary N) is 1. The molecule has 4 nitrogen and oxygen atoms in total. The Kier molecular flexibility index (Phi) is 6.64. The lowest BCUT2D eigenvalue weighted by Crippen LogP contribution is -2.29. The van der Waals surface area contributed by atoms with Crippen LogP contribution in [0.3, 0.4) is 0 Å². The lowest BCUT2D eigenvalue weighted by atomic mass is 10.3. The number of rotatable bonds is 8. The van der Waals surface area contributed by atoms with Crippen molar-refractivity contribution in [1.82, 2.24) is 5.32 Å². The predicted octanol–water partition coefficient (Wildman–Crippen LogP) is 2.98. The molecular formula is C17H19NO3S. The van der Waals surface area contributed by atoms with Gasteiger partial charge in [0.2, 0.25) is 5.91 Å². The summed E-state index contributed by atoms with van der Waals surface area (Å²) >= 11 is 1.52. The van der Waals surface area contributed by atoms with Crippen LogP contribution in [-0.2, 0) is 4.79 Å². The molecule has 0 aliphatic rings. The molecule has 0 saturated carbocycles. The number of hydrogen-bond acceptors (Lipinski definition) is 4. The molecule has 1 N–H and O–H groups in total. The molecule has 5 heteroatoms. The fourth-order valence-electron chi connectivity index (χ4n) is 1.81. The van der Waals surface area contributed by atoms with Crippen LogP contribution in [0.25, 0.3) is 0 Å². The van der Waals surface area contributed by atoms with E-state index in [1.54, 1.807) is 7.11 Å². The van der Waals surface area contributed by atoms with Crippen LogP contribution in [0.4, 0.5) is 0 Å². The Morgan fingerprint density at radius 3 is 2.45 bits per heavy atom. The molecule has 0 bridgehead atoms. The number of methoxy groups -OCH3 is 1. The Bertz CT molecular complexity index is 589. The zero-order valence-electron chi connectivity index (χ0n) is 12.5. The van der Waals surface area contributed by atoms with Gasteiger partial charge in [-0.1, -0.05) is 30.3 Å². The second kappa shape index (κ2) is 9.00. The van der Waals surface area contributed by atoms with Gasteiger partial charge < -0.3 is 14.8 Å². The number of amides is 1. The normalized spacial score (nSPS) is 10.0. The summed E-state index contributed by atoms with van der Waals surface area (Å²) in [4.78, 5) is 12.8. The minimum Gasteiger partial charge on any atom is -0.493 e. The van der Waals surface area contributed by atoms with Crippen molar-refractivity contribution in [3.8, 4) is 11.5 Å². The third-order valence-electron chi connectivity index (χ3n) is 2.86. The zero-order chi connectivity index (χ0) is 15.6. The van der Waals surface area contributed by atoms with E-state index in [1.807, 2.05) is 54.6 Å². The number of carbonyl (C=O) groups excluding carboxylic acids is 1. The van der Waals surface area contributed by atoms with Gasteiger partial charge in [-0.15, -0.1) is 11.8 Å². The quantitative estimate of drug-likeness (QED) is 0.601. The Morgan fingerprint density at radius 1 is 1.05 bits per heavy atom. The van der Waals surface area contributed by atoms with Crippen molar-refractivity contribution in [2.45, 2.75) is 4.90 Å². The summed E-state index contributed by atoms with van der Waals surface area (Å²) in [5.74, 6) is 1.77. The summed E-state index contributed by atoms with van der Waals surface area (Å²) in [6, 6.07) is 17.3. The molecule has 0 unspecified atom stereocenters. The van der Waals surface area contributed by atoms with Crippen LogP contribution in [0.5, 0.6) is 11.5 Å². The van der Waals surface area contributed by atoms with E-state index in [-0.39, 0.29) is 5.91 Å². The van der Waals surface area contributed by atoms with Gasteiger partial charge >= 0.3 is 0 Å². The van der Waals surface area contributed by atoms with Gasteiger partial charge in [0.1, 0.15) is 6.61 Å². The molecule has 0 spiro atoms. The second-order valence-electron chi connectivity index (χ2n) is 4.45. The average Bonchev–Trinajstić information content (AvgIpc) is 2.58. The van der Waals surface area contributed by atoms with E-state index in [0.717, 1.165) is 4.90 Å². The molecule has 0 aliphatic carbocycles. The average molecular weight is 317 g/mol. The van der Waals surface area contributed by atoms with Crippen molar-refractivity contribution in [2.75, 3.05) is 26.0 Å². The highest BCUT2D eigenvalue weighted by Crippen LogP contribution is 2.25. The van der Waals surface area contributed by atoms with Crippen molar-refractivity contribution in [2.24, 2.45) is 0 Å². The van der Waals surface area contributed by atoms with Gasteiger partial charge in [0, 0.05) is 4.90 Å². The van der Waals surface area contributed by atoms with Gasteiger partial charge in [-0.3, -0.25) is 4.79 Å². The largest absolute Gasteiger partial charge is 0.493 e. The lowest BCUT2D eigenvalue weighted by Gasteiger charge is -2.10. The molecule has 0 saturated heterocycles. The van der Waals surface area contributed by atoms with E-state index in [1.165, 1.54) is 11.8 Å². The monoisotopic (exact) mass is 317 g/mol. The molecule has 0 atom stereocenters. The van der Waals surface area contributed by atoms with E-state index in [9.17, 15) is 4.79 Å². The predicted molar refractivity (Wildman–Crippen MR) is 88.7 cm³/mol. The highest BCUT2D eigenvalue weighted by atomic mass is 32.2. The maximum atomic E-state index is 11.7. The van der Waals surface area contributed by atoms with Crippen molar-refractivity contribution in [3.63, 3.8) is 0 Å². The summed E-state index contributed by atoms with van der Waals surface area (Å²) < 4.78 is 10.8. The van der Waals surface area contributed by atoms with Crippen LogP contribution in [0, 0.1) is 0 Å². The van der Waals surface area contributed by atoms with Crippen LogP contribution in [0.15, 0.2) is 59.5 Å². The van der Waals surface area contributed by atoms with Gasteiger partial charge in [0.05, 0.1) is 19.4 Å². The number of carbonyl (C=O) groups is 1. The van der Waals surface area contributed by atoms with Crippen LogP contribution in [0.1, 0.15) is 0 Å². The molecule has 0 aromatic heterocycles. The summed E-state index contributed by atoms with van der Waals surface area (Å²) in [6.45, 7) is 0.869. The topological polar surface area (TPSA) is 47.6 Å². The Morgan fingerprint density at radius 2 is 1.73 bits per heavy atom. The number of thioether (sulfide) groups is 1. The van der Waals surface area contributed by atoms with E-state index < -0.39 is 0 Å². The molecule has 2 aromatic rings. The molecule has 2 aromatic carbocycles. The zero-order valence-corrected chi connectivity index (χ0v) is 13.3. The summed E-state index contributed by atoms with van der Waals surface area (Å²) in [7, 11) is 1.60. The van der Waals surface area contributed by atoms with Crippen molar-refractivity contribution < 1.29 is 14.3 Å². The summed E-state index contributed by atoms with van der Waals surface area (Å²) in [5, 5.41) is 2.84. The number of para-hydroxylation sites is 2. The van der Waals surface area contributed by atoms with Crippen LogP contribution in [0.2, 0.25) is 0 Å². The smallest absolute Gasteiger partial charge is 0.230 e. The molecule has 22 heavy (non-hydrogen) atoms. The fourth-order valence-corrected chi connectivity index (χ4v) is 2.56. The van der Waals surface area contributed by atoms with Crippen LogP contribution >= 0.6 is 11.8 Å². The number of benzene rings is 2. The maximum absolute atomic E-state index is 11.7. The van der Waals surface area contributed by atoms with E-state index in [0.29, 0.717) is 30.4 Å². The number of ether oxygens (including phenoxy) is 2. The molecule has 0 heterocycles. The van der Waals surface area contributed by atoms with Crippen LogP contribution in [-0.4, -0.2) is 31.9 Å². The highest BCUT2D eigenvalue weighted by molar-refractivity contribution is 8.00. The first-order valence-electron chi connectivity index (χ1n) is 7.00. The molecule has 0 aliphatic heterocycles. The third-order valence-corrected chi connectivity index (χ3v) is 3.88. The highest BCUT2D eigenvalue weighted by Gasteiger charge is 2.04. The van der Waals surface area contributed by atoms with Crippen molar-refractivity contribution in [3.05, 3.63) is 54.6 Å². The van der Waals surface area contributed by atoms with E-state index in [2.05, 4.69) is 5.32 Å². The van der Waals surface area contributed by atoms with E-state index in [4.69, 9.17) is 9.47 Å². The Labute approximate surface area is 134 Å².